The predicted octanol–water partition coefficient (Wildman–Crippen LogP) is -0.272. The molecule has 0 fully saturated rings. The number of rotatable bonds is 2. The van der Waals surface area contributed by atoms with Gasteiger partial charge in [-0.1, -0.05) is 0 Å². The van der Waals surface area contributed by atoms with Crippen LogP contribution in [0.25, 0.3) is 0 Å². The number of carboxylic acid groups (broad SMARTS) is 1. The quantitative estimate of drug-likeness (QED) is 0.520. The van der Waals surface area contributed by atoms with Gasteiger partial charge in [0.1, 0.15) is 5.54 Å². The predicted molar refractivity (Wildman–Crippen MR) is 36.0 cm³/mol. The average Bonchev–Trinajstić information content (AvgIpc) is 1.60. The summed E-state index contributed by atoms with van der Waals surface area (Å²) in [4.78, 5) is 20.5. The molecule has 1 amide bonds. The third kappa shape index (κ3) is 2.52. The Balaban J connectivity index is 4.13. The first-order valence-corrected chi connectivity index (χ1v) is 2.67. The van der Waals surface area contributed by atoms with Crippen molar-refractivity contribution in [2.45, 2.75) is 19.4 Å². The summed E-state index contributed by atoms with van der Waals surface area (Å²) < 4.78 is 0. The number of amides is 1. The second-order valence-electron chi connectivity index (χ2n) is 2.42. The van der Waals surface area contributed by atoms with Gasteiger partial charge in [0.15, 0.2) is 5.81 Å². The normalized spacial score (nSPS) is 10.6. The van der Waals surface area contributed by atoms with Crippen LogP contribution in [0.15, 0.2) is 0 Å². The maximum atomic E-state index is 10.3. The summed E-state index contributed by atoms with van der Waals surface area (Å²) in [5.41, 5.74) is -1.29. The fourth-order valence-corrected chi connectivity index (χ4v) is 0.361. The van der Waals surface area contributed by atoms with E-state index in [-0.39, 0.29) is 0 Å². The summed E-state index contributed by atoms with van der Waals surface area (Å²) in [5.74, 6) is -1.96. The molecule has 0 aromatic heterocycles. The second kappa shape index (κ2) is 2.73. The lowest BCUT2D eigenvalue weighted by molar-refractivity contribution is -0.142. The zero-order valence-electron chi connectivity index (χ0n) is 5.84. The molecule has 0 saturated carbocycles. The van der Waals surface area contributed by atoms with Crippen molar-refractivity contribution in [1.82, 2.24) is 5.32 Å². The molecule has 0 rings (SSSR count). The van der Waals surface area contributed by atoms with E-state index in [1.165, 1.54) is 13.8 Å². The van der Waals surface area contributed by atoms with Crippen LogP contribution < -0.4 is 5.32 Å². The van der Waals surface area contributed by atoms with Crippen LogP contribution in [0, 0.1) is 0 Å². The van der Waals surface area contributed by atoms with Crippen LogP contribution in [0.2, 0.25) is 0 Å². The molecule has 5 heteroatoms. The van der Waals surface area contributed by atoms with Crippen LogP contribution in [0.1, 0.15) is 13.8 Å². The zero-order chi connectivity index (χ0) is 8.36. The van der Waals surface area contributed by atoms with E-state index in [0.29, 0.717) is 0 Å². The Morgan fingerprint density at radius 2 is 1.90 bits per heavy atom. The summed E-state index contributed by atoms with van der Waals surface area (Å²) in [6.07, 6.45) is 0. The molecule has 0 aromatic rings. The SMILES string of the molecule is [B]C(=O)NC(C)(C)C(=O)O. The highest BCUT2D eigenvalue weighted by Gasteiger charge is 2.26. The van der Waals surface area contributed by atoms with E-state index in [0.717, 1.165) is 0 Å². The maximum absolute atomic E-state index is 10.3. The van der Waals surface area contributed by atoms with E-state index < -0.39 is 17.3 Å². The molecule has 54 valence electrons. The van der Waals surface area contributed by atoms with Crippen LogP contribution >= 0.6 is 0 Å². The number of nitrogens with one attached hydrogen (secondary N) is 1. The average molecular weight is 141 g/mol. The summed E-state index contributed by atoms with van der Waals surface area (Å²) in [5, 5.41) is 10.5. The molecule has 0 spiro atoms. The summed E-state index contributed by atoms with van der Waals surface area (Å²) in [6, 6.07) is 0. The van der Waals surface area contributed by atoms with Crippen LogP contribution in [-0.4, -0.2) is 30.3 Å². The van der Waals surface area contributed by atoms with Crippen LogP contribution in [0.3, 0.4) is 0 Å². The smallest absolute Gasteiger partial charge is 0.328 e. The molecule has 10 heavy (non-hydrogen) atoms. The monoisotopic (exact) mass is 141 g/mol. The largest absolute Gasteiger partial charge is 0.480 e. The number of carbonyl (C=O) groups excluding carboxylic acids is 1. The Hall–Kier alpha value is -0.995. The summed E-state index contributed by atoms with van der Waals surface area (Å²) in [6.45, 7) is 2.69. The number of aliphatic carboxylic acids is 1. The van der Waals surface area contributed by atoms with Crippen molar-refractivity contribution >= 4 is 19.6 Å². The first-order valence-electron chi connectivity index (χ1n) is 2.67. The number of carbonyl (C=O) groups is 2. The van der Waals surface area contributed by atoms with Crippen LogP contribution in [0.5, 0.6) is 0 Å². The number of carboxylic acids is 1. The molecule has 0 atom stereocenters. The fourth-order valence-electron chi connectivity index (χ4n) is 0.361. The maximum Gasteiger partial charge on any atom is 0.328 e. The van der Waals surface area contributed by atoms with Crippen molar-refractivity contribution in [2.75, 3.05) is 0 Å². The lowest BCUT2D eigenvalue weighted by Crippen LogP contribution is -2.49. The molecule has 2 radical (unpaired) electrons. The minimum atomic E-state index is -1.29. The highest BCUT2D eigenvalue weighted by atomic mass is 16.4. The van der Waals surface area contributed by atoms with Crippen molar-refractivity contribution in [3.05, 3.63) is 0 Å². The topological polar surface area (TPSA) is 66.4 Å². The molecule has 0 aliphatic carbocycles. The van der Waals surface area contributed by atoms with Gasteiger partial charge in [-0.2, -0.15) is 0 Å². The summed E-state index contributed by atoms with van der Waals surface area (Å²) in [7, 11) is 4.70. The first-order chi connectivity index (χ1) is 4.36. The third-order valence-electron chi connectivity index (χ3n) is 0.970. The molecule has 0 unspecified atom stereocenters. The Labute approximate surface area is 60.0 Å². The molecule has 0 aliphatic heterocycles. The van der Waals surface area contributed by atoms with Gasteiger partial charge in [-0.25, -0.2) is 4.79 Å². The van der Waals surface area contributed by atoms with Gasteiger partial charge in [0, 0.05) is 0 Å². The molecule has 0 heterocycles. The van der Waals surface area contributed by atoms with Gasteiger partial charge in [0.05, 0.1) is 0 Å². The minimum Gasteiger partial charge on any atom is -0.480 e. The van der Waals surface area contributed by atoms with Gasteiger partial charge in [-0.3, -0.25) is 4.79 Å². The molecule has 0 aliphatic rings. The molecular formula is C5H8BNO3. The van der Waals surface area contributed by atoms with Crippen molar-refractivity contribution in [2.24, 2.45) is 0 Å². The zero-order valence-corrected chi connectivity index (χ0v) is 5.84. The van der Waals surface area contributed by atoms with Crippen LogP contribution in [-0.2, 0) is 4.79 Å². The van der Waals surface area contributed by atoms with E-state index in [2.05, 4.69) is 5.32 Å². The molecule has 0 bridgehead atoms. The van der Waals surface area contributed by atoms with Crippen molar-refractivity contribution in [1.29, 1.82) is 0 Å². The summed E-state index contributed by atoms with van der Waals surface area (Å²) >= 11 is 0. The lowest BCUT2D eigenvalue weighted by atomic mass is 10.0. The second-order valence-corrected chi connectivity index (χ2v) is 2.42. The lowest BCUT2D eigenvalue weighted by Gasteiger charge is -2.19. The van der Waals surface area contributed by atoms with E-state index >= 15 is 0 Å². The fraction of sp³-hybridized carbons (Fsp3) is 0.600. The Morgan fingerprint density at radius 3 is 2.00 bits per heavy atom. The molecule has 0 aromatic carbocycles. The van der Waals surface area contributed by atoms with Crippen molar-refractivity contribution in [3.8, 4) is 0 Å². The number of hydrogen-bond donors (Lipinski definition) is 2. The van der Waals surface area contributed by atoms with Gasteiger partial charge in [-0.05, 0) is 13.8 Å². The Kier molecular flexibility index (Phi) is 2.45. The van der Waals surface area contributed by atoms with Gasteiger partial charge in [0.25, 0.3) is 0 Å². The van der Waals surface area contributed by atoms with E-state index in [1.54, 1.807) is 0 Å². The standard InChI is InChI=1S/C5H8BNO3/c1-5(2,3(8)9)7-4(6)10/h1-2H3,(H,7,10)(H,8,9). The Morgan fingerprint density at radius 1 is 1.50 bits per heavy atom. The molecular weight excluding hydrogens is 133 g/mol. The van der Waals surface area contributed by atoms with Crippen LogP contribution in [0.4, 0.5) is 4.79 Å². The van der Waals surface area contributed by atoms with E-state index in [4.69, 9.17) is 13.0 Å². The van der Waals surface area contributed by atoms with E-state index in [9.17, 15) is 9.59 Å². The van der Waals surface area contributed by atoms with Gasteiger partial charge >= 0.3 is 5.97 Å². The van der Waals surface area contributed by atoms with Gasteiger partial charge in [-0.15, -0.1) is 0 Å². The highest BCUT2D eigenvalue weighted by molar-refractivity contribution is 6.57. The van der Waals surface area contributed by atoms with Gasteiger partial charge < -0.3 is 10.4 Å². The molecule has 0 saturated heterocycles. The van der Waals surface area contributed by atoms with Crippen molar-refractivity contribution < 1.29 is 14.7 Å². The number of hydrogen-bond acceptors (Lipinski definition) is 2. The first kappa shape index (κ1) is 9.00. The minimum absolute atomic E-state index is 0.840. The van der Waals surface area contributed by atoms with E-state index in [1.807, 2.05) is 0 Å². The third-order valence-corrected chi connectivity index (χ3v) is 0.970. The van der Waals surface area contributed by atoms with Crippen molar-refractivity contribution in [3.63, 3.8) is 0 Å². The Bertz CT molecular complexity index is 166. The molecule has 4 nitrogen and oxygen atoms in total. The molecule has 2 N–H and O–H groups in total. The van der Waals surface area contributed by atoms with Gasteiger partial charge in [0.2, 0.25) is 7.85 Å². The highest BCUT2D eigenvalue weighted by Crippen LogP contribution is 2.00.